The Morgan fingerprint density at radius 1 is 1.14 bits per heavy atom. The van der Waals surface area contributed by atoms with Crippen LogP contribution in [0, 0.1) is 6.92 Å². The Labute approximate surface area is 127 Å². The molecule has 0 radical (unpaired) electrons. The highest BCUT2D eigenvalue weighted by Gasteiger charge is 2.19. The molecule has 1 aromatic carbocycles. The van der Waals surface area contributed by atoms with E-state index < -0.39 is 0 Å². The van der Waals surface area contributed by atoms with Crippen LogP contribution in [0.25, 0.3) is 0 Å². The number of methoxy groups -OCH3 is 1. The Hall–Kier alpha value is -1.39. The van der Waals surface area contributed by atoms with Gasteiger partial charge in [-0.05, 0) is 44.7 Å². The summed E-state index contributed by atoms with van der Waals surface area (Å²) >= 11 is 0. The molecule has 0 atom stereocenters. The zero-order valence-electron chi connectivity index (χ0n) is 13.0. The van der Waals surface area contributed by atoms with Gasteiger partial charge in [0.15, 0.2) is 0 Å². The van der Waals surface area contributed by atoms with Crippen molar-refractivity contribution < 1.29 is 9.53 Å². The number of hydrogen-bond acceptors (Lipinski definition) is 3. The van der Waals surface area contributed by atoms with Crippen molar-refractivity contribution in [1.82, 2.24) is 10.6 Å². The standard InChI is InChI=1S/C17H26N2O2/c1-13-3-5-14(6-4-13)17(20)19-12-11-18-15-7-9-16(21-2)10-8-15/h3-6,15-16,18H,7-12H2,1-2H3,(H,19,20). The van der Waals surface area contributed by atoms with E-state index in [0.717, 1.165) is 37.8 Å². The SMILES string of the molecule is COC1CCC(NCCNC(=O)c2ccc(C)cc2)CC1. The summed E-state index contributed by atoms with van der Waals surface area (Å²) in [5, 5.41) is 6.46. The molecule has 0 bridgehead atoms. The predicted octanol–water partition coefficient (Wildman–Crippen LogP) is 2.27. The Bertz CT molecular complexity index is 437. The smallest absolute Gasteiger partial charge is 0.251 e. The first-order valence-corrected chi connectivity index (χ1v) is 7.80. The van der Waals surface area contributed by atoms with Gasteiger partial charge in [-0.1, -0.05) is 17.7 Å². The largest absolute Gasteiger partial charge is 0.381 e. The minimum Gasteiger partial charge on any atom is -0.381 e. The monoisotopic (exact) mass is 290 g/mol. The predicted molar refractivity (Wildman–Crippen MR) is 84.6 cm³/mol. The van der Waals surface area contributed by atoms with Crippen molar-refractivity contribution in [3.05, 3.63) is 35.4 Å². The molecule has 1 aromatic rings. The molecule has 0 unspecified atom stereocenters. The number of amides is 1. The molecular weight excluding hydrogens is 264 g/mol. The van der Waals surface area contributed by atoms with Gasteiger partial charge < -0.3 is 15.4 Å². The average molecular weight is 290 g/mol. The van der Waals surface area contributed by atoms with Crippen molar-refractivity contribution in [3.63, 3.8) is 0 Å². The summed E-state index contributed by atoms with van der Waals surface area (Å²) in [6.07, 6.45) is 5.01. The lowest BCUT2D eigenvalue weighted by molar-refractivity contribution is 0.0626. The van der Waals surface area contributed by atoms with E-state index in [1.54, 1.807) is 7.11 Å². The van der Waals surface area contributed by atoms with Crippen molar-refractivity contribution in [3.8, 4) is 0 Å². The number of ether oxygens (including phenoxy) is 1. The van der Waals surface area contributed by atoms with Crippen LogP contribution in [0.3, 0.4) is 0 Å². The second kappa shape index (κ2) is 8.15. The van der Waals surface area contributed by atoms with E-state index in [1.165, 1.54) is 5.56 Å². The summed E-state index contributed by atoms with van der Waals surface area (Å²) in [5.41, 5.74) is 1.89. The Balaban J connectivity index is 1.61. The lowest BCUT2D eigenvalue weighted by Crippen LogP contribution is -2.39. The maximum atomic E-state index is 11.9. The van der Waals surface area contributed by atoms with Crippen LogP contribution in [0.15, 0.2) is 24.3 Å². The number of benzene rings is 1. The fraction of sp³-hybridized carbons (Fsp3) is 0.588. The van der Waals surface area contributed by atoms with E-state index in [-0.39, 0.29) is 5.91 Å². The molecule has 0 aromatic heterocycles. The van der Waals surface area contributed by atoms with Crippen molar-refractivity contribution in [1.29, 1.82) is 0 Å². The summed E-state index contributed by atoms with van der Waals surface area (Å²) in [5.74, 6) is -0.000101. The van der Waals surface area contributed by atoms with Crippen LogP contribution in [-0.4, -0.2) is 38.3 Å². The van der Waals surface area contributed by atoms with E-state index in [9.17, 15) is 4.79 Å². The number of rotatable bonds is 6. The molecular formula is C17H26N2O2. The number of hydrogen-bond donors (Lipinski definition) is 2. The Morgan fingerprint density at radius 3 is 2.43 bits per heavy atom. The molecule has 116 valence electrons. The normalized spacial score (nSPS) is 22.0. The third-order valence-corrected chi connectivity index (χ3v) is 4.16. The van der Waals surface area contributed by atoms with E-state index in [4.69, 9.17) is 4.74 Å². The number of carbonyl (C=O) groups is 1. The lowest BCUT2D eigenvalue weighted by Gasteiger charge is -2.28. The molecule has 1 aliphatic carbocycles. The molecule has 21 heavy (non-hydrogen) atoms. The third kappa shape index (κ3) is 5.14. The minimum atomic E-state index is -0.000101. The Morgan fingerprint density at radius 2 is 1.81 bits per heavy atom. The summed E-state index contributed by atoms with van der Waals surface area (Å²) in [6.45, 7) is 3.50. The van der Waals surface area contributed by atoms with Crippen LogP contribution in [0.4, 0.5) is 0 Å². The van der Waals surface area contributed by atoms with Gasteiger partial charge in [0.1, 0.15) is 0 Å². The summed E-state index contributed by atoms with van der Waals surface area (Å²) in [4.78, 5) is 11.9. The summed E-state index contributed by atoms with van der Waals surface area (Å²) in [7, 11) is 1.79. The van der Waals surface area contributed by atoms with Crippen molar-refractivity contribution in [2.75, 3.05) is 20.2 Å². The topological polar surface area (TPSA) is 50.4 Å². The second-order valence-electron chi connectivity index (χ2n) is 5.79. The number of carbonyl (C=O) groups excluding carboxylic acids is 1. The Kier molecular flexibility index (Phi) is 6.21. The van der Waals surface area contributed by atoms with E-state index in [0.29, 0.717) is 18.7 Å². The van der Waals surface area contributed by atoms with Crippen molar-refractivity contribution in [2.45, 2.75) is 44.8 Å². The van der Waals surface area contributed by atoms with Gasteiger partial charge >= 0.3 is 0 Å². The number of nitrogens with one attached hydrogen (secondary N) is 2. The van der Waals surface area contributed by atoms with Gasteiger partial charge in [-0.25, -0.2) is 0 Å². The quantitative estimate of drug-likeness (QED) is 0.790. The molecule has 0 aliphatic heterocycles. The molecule has 4 heteroatoms. The molecule has 0 spiro atoms. The van der Waals surface area contributed by atoms with Crippen LogP contribution >= 0.6 is 0 Å². The molecule has 1 fully saturated rings. The van der Waals surface area contributed by atoms with Crippen molar-refractivity contribution in [2.24, 2.45) is 0 Å². The van der Waals surface area contributed by atoms with Crippen LogP contribution in [0.2, 0.25) is 0 Å². The number of aryl methyl sites for hydroxylation is 1. The van der Waals surface area contributed by atoms with Gasteiger partial charge in [0, 0.05) is 31.8 Å². The average Bonchev–Trinajstić information content (AvgIpc) is 2.52. The second-order valence-corrected chi connectivity index (χ2v) is 5.79. The fourth-order valence-corrected chi connectivity index (χ4v) is 2.76. The van der Waals surface area contributed by atoms with Gasteiger partial charge in [-0.2, -0.15) is 0 Å². The molecule has 1 amide bonds. The molecule has 0 heterocycles. The maximum absolute atomic E-state index is 11.9. The first kappa shape index (κ1) is 16.0. The van der Waals surface area contributed by atoms with Crippen LogP contribution in [0.5, 0.6) is 0 Å². The van der Waals surface area contributed by atoms with E-state index in [1.807, 2.05) is 31.2 Å². The molecule has 1 aliphatic rings. The van der Waals surface area contributed by atoms with Crippen LogP contribution < -0.4 is 10.6 Å². The molecule has 1 saturated carbocycles. The van der Waals surface area contributed by atoms with Crippen LogP contribution in [0.1, 0.15) is 41.6 Å². The van der Waals surface area contributed by atoms with Gasteiger partial charge in [0.2, 0.25) is 0 Å². The maximum Gasteiger partial charge on any atom is 0.251 e. The first-order chi connectivity index (χ1) is 10.2. The highest BCUT2D eigenvalue weighted by Crippen LogP contribution is 2.20. The van der Waals surface area contributed by atoms with Gasteiger partial charge in [-0.15, -0.1) is 0 Å². The zero-order valence-corrected chi connectivity index (χ0v) is 13.0. The molecule has 0 saturated heterocycles. The van der Waals surface area contributed by atoms with Gasteiger partial charge in [-0.3, -0.25) is 4.79 Å². The lowest BCUT2D eigenvalue weighted by atomic mass is 9.93. The highest BCUT2D eigenvalue weighted by atomic mass is 16.5. The summed E-state index contributed by atoms with van der Waals surface area (Å²) in [6, 6.07) is 8.21. The summed E-state index contributed by atoms with van der Waals surface area (Å²) < 4.78 is 5.37. The highest BCUT2D eigenvalue weighted by molar-refractivity contribution is 5.94. The van der Waals surface area contributed by atoms with Crippen molar-refractivity contribution >= 4 is 5.91 Å². The fourth-order valence-electron chi connectivity index (χ4n) is 2.76. The zero-order chi connectivity index (χ0) is 15.1. The molecule has 2 N–H and O–H groups in total. The van der Waals surface area contributed by atoms with Gasteiger partial charge in [0.25, 0.3) is 5.91 Å². The molecule has 2 rings (SSSR count). The van der Waals surface area contributed by atoms with E-state index in [2.05, 4.69) is 10.6 Å². The van der Waals surface area contributed by atoms with Crippen LogP contribution in [-0.2, 0) is 4.74 Å². The minimum absolute atomic E-state index is 0.000101. The van der Waals surface area contributed by atoms with E-state index >= 15 is 0 Å². The third-order valence-electron chi connectivity index (χ3n) is 4.16. The van der Waals surface area contributed by atoms with Gasteiger partial charge in [0.05, 0.1) is 6.10 Å². The first-order valence-electron chi connectivity index (χ1n) is 7.80. The molecule has 4 nitrogen and oxygen atoms in total.